The van der Waals surface area contributed by atoms with Gasteiger partial charge in [0.25, 0.3) is 0 Å². The van der Waals surface area contributed by atoms with E-state index in [1.54, 1.807) is 25.7 Å². The number of benzene rings is 1. The smallest absolute Gasteiger partial charge is 0.416 e. The highest BCUT2D eigenvalue weighted by molar-refractivity contribution is 5.69. The van der Waals surface area contributed by atoms with Crippen LogP contribution in [0.5, 0.6) is 0 Å². The molecule has 0 aromatic heterocycles. The Morgan fingerprint density at radius 3 is 2.35 bits per heavy atom. The molecule has 1 aromatic carbocycles. The second-order valence-corrected chi connectivity index (χ2v) is 6.51. The lowest BCUT2D eigenvalue weighted by Crippen LogP contribution is -2.50. The number of carbonyl (C=O) groups excluding carboxylic acids is 1. The first-order chi connectivity index (χ1) is 10.6. The maximum atomic E-state index is 12.7. The van der Waals surface area contributed by atoms with Gasteiger partial charge in [-0.15, -0.1) is 0 Å². The standard InChI is InChI=1S/C16H21F3N2O2/c1-15(2,3)23-14(22)21-9-8-20-10-13(21)11-4-6-12(7-5-11)16(17,18)19/h4-7,13,20H,8-10H2,1-3H3/t13-/m0/s1. The van der Waals surface area contributed by atoms with E-state index in [4.69, 9.17) is 4.74 Å². The summed E-state index contributed by atoms with van der Waals surface area (Å²) in [6.07, 6.45) is -4.82. The number of hydrogen-bond donors (Lipinski definition) is 1. The lowest BCUT2D eigenvalue weighted by Gasteiger charge is -2.37. The molecule has 1 aliphatic heterocycles. The minimum Gasteiger partial charge on any atom is -0.444 e. The molecule has 1 aromatic rings. The van der Waals surface area contributed by atoms with Crippen molar-refractivity contribution in [2.24, 2.45) is 0 Å². The highest BCUT2D eigenvalue weighted by Gasteiger charge is 2.33. The summed E-state index contributed by atoms with van der Waals surface area (Å²) in [6.45, 7) is 6.88. The number of alkyl halides is 3. The molecular weight excluding hydrogens is 309 g/mol. The van der Waals surface area contributed by atoms with Crippen LogP contribution in [0.1, 0.15) is 37.9 Å². The van der Waals surface area contributed by atoms with Crippen LogP contribution in [0.2, 0.25) is 0 Å². The Morgan fingerprint density at radius 2 is 1.83 bits per heavy atom. The largest absolute Gasteiger partial charge is 0.444 e. The molecule has 1 saturated heterocycles. The average Bonchev–Trinajstić information content (AvgIpc) is 2.45. The van der Waals surface area contributed by atoms with Gasteiger partial charge in [0.2, 0.25) is 0 Å². The van der Waals surface area contributed by atoms with Crippen LogP contribution in [0.3, 0.4) is 0 Å². The van der Waals surface area contributed by atoms with E-state index in [9.17, 15) is 18.0 Å². The summed E-state index contributed by atoms with van der Waals surface area (Å²) in [5.74, 6) is 0. The summed E-state index contributed by atoms with van der Waals surface area (Å²) in [5.41, 5.74) is -0.669. The molecule has 1 fully saturated rings. The maximum absolute atomic E-state index is 12.7. The van der Waals surface area contributed by atoms with Gasteiger partial charge in [-0.2, -0.15) is 13.2 Å². The van der Waals surface area contributed by atoms with Gasteiger partial charge in [0, 0.05) is 19.6 Å². The number of carbonyl (C=O) groups is 1. The van der Waals surface area contributed by atoms with Crippen molar-refractivity contribution in [3.8, 4) is 0 Å². The first-order valence-corrected chi connectivity index (χ1v) is 7.45. The van der Waals surface area contributed by atoms with Crippen LogP contribution < -0.4 is 5.32 Å². The number of halogens is 3. The second-order valence-electron chi connectivity index (χ2n) is 6.51. The number of rotatable bonds is 1. The van der Waals surface area contributed by atoms with Gasteiger partial charge in [0.15, 0.2) is 0 Å². The van der Waals surface area contributed by atoms with Crippen LogP contribution in [0.25, 0.3) is 0 Å². The average molecular weight is 330 g/mol. The fourth-order valence-electron chi connectivity index (χ4n) is 2.44. The van der Waals surface area contributed by atoms with Gasteiger partial charge in [-0.25, -0.2) is 4.79 Å². The van der Waals surface area contributed by atoms with Crippen LogP contribution in [0, 0.1) is 0 Å². The third-order valence-corrected chi connectivity index (χ3v) is 3.49. The molecule has 0 saturated carbocycles. The first-order valence-electron chi connectivity index (χ1n) is 7.45. The van der Waals surface area contributed by atoms with Gasteiger partial charge in [0.05, 0.1) is 11.6 Å². The van der Waals surface area contributed by atoms with E-state index in [0.29, 0.717) is 25.2 Å². The SMILES string of the molecule is CC(C)(C)OC(=O)N1CCNC[C@H]1c1ccc(C(F)(F)F)cc1. The zero-order chi connectivity index (χ0) is 17.3. The molecule has 0 aliphatic carbocycles. The highest BCUT2D eigenvalue weighted by Crippen LogP contribution is 2.31. The Labute approximate surface area is 133 Å². The lowest BCUT2D eigenvalue weighted by molar-refractivity contribution is -0.137. The Bertz CT molecular complexity index is 550. The molecule has 1 heterocycles. The number of amides is 1. The minimum absolute atomic E-state index is 0.346. The molecule has 128 valence electrons. The Balaban J connectivity index is 2.19. The molecule has 7 heteroatoms. The fraction of sp³-hybridized carbons (Fsp3) is 0.562. The van der Waals surface area contributed by atoms with Crippen molar-refractivity contribution in [1.82, 2.24) is 10.2 Å². The number of hydrogen-bond acceptors (Lipinski definition) is 3. The van der Waals surface area contributed by atoms with Crippen molar-refractivity contribution < 1.29 is 22.7 Å². The van der Waals surface area contributed by atoms with Crippen LogP contribution in [-0.4, -0.2) is 36.2 Å². The predicted molar refractivity (Wildman–Crippen MR) is 80.0 cm³/mol. The first kappa shape index (κ1) is 17.6. The fourth-order valence-corrected chi connectivity index (χ4v) is 2.44. The summed E-state index contributed by atoms with van der Waals surface area (Å²) < 4.78 is 43.4. The van der Waals surface area contributed by atoms with Crippen molar-refractivity contribution in [2.75, 3.05) is 19.6 Å². The Hall–Kier alpha value is -1.76. The van der Waals surface area contributed by atoms with Gasteiger partial charge in [-0.05, 0) is 38.5 Å². The molecule has 1 aliphatic rings. The minimum atomic E-state index is -4.37. The van der Waals surface area contributed by atoms with Gasteiger partial charge >= 0.3 is 12.3 Å². The van der Waals surface area contributed by atoms with Gasteiger partial charge in [-0.1, -0.05) is 12.1 Å². The topological polar surface area (TPSA) is 41.6 Å². The van der Waals surface area contributed by atoms with Crippen LogP contribution in [0.4, 0.5) is 18.0 Å². The number of ether oxygens (including phenoxy) is 1. The highest BCUT2D eigenvalue weighted by atomic mass is 19.4. The van der Waals surface area contributed by atoms with Crippen LogP contribution in [-0.2, 0) is 10.9 Å². The van der Waals surface area contributed by atoms with Crippen molar-refractivity contribution in [1.29, 1.82) is 0 Å². The van der Waals surface area contributed by atoms with E-state index in [0.717, 1.165) is 12.1 Å². The van der Waals surface area contributed by atoms with E-state index in [1.165, 1.54) is 12.1 Å². The summed E-state index contributed by atoms with van der Waals surface area (Å²) in [7, 11) is 0. The molecule has 4 nitrogen and oxygen atoms in total. The van der Waals surface area contributed by atoms with Crippen molar-refractivity contribution >= 4 is 6.09 Å². The van der Waals surface area contributed by atoms with Crippen LogP contribution >= 0.6 is 0 Å². The summed E-state index contributed by atoms with van der Waals surface area (Å²) in [6, 6.07) is 4.56. The summed E-state index contributed by atoms with van der Waals surface area (Å²) in [4.78, 5) is 13.9. The molecule has 1 atom stereocenters. The van der Waals surface area contributed by atoms with E-state index >= 15 is 0 Å². The van der Waals surface area contributed by atoms with Gasteiger partial charge in [0.1, 0.15) is 5.60 Å². The predicted octanol–water partition coefficient (Wildman–Crippen LogP) is 3.59. The van der Waals surface area contributed by atoms with Crippen molar-refractivity contribution in [3.05, 3.63) is 35.4 Å². The molecule has 2 rings (SSSR count). The summed E-state index contributed by atoms with van der Waals surface area (Å²) in [5, 5.41) is 3.15. The molecule has 23 heavy (non-hydrogen) atoms. The van der Waals surface area contributed by atoms with Gasteiger partial charge in [-0.3, -0.25) is 4.90 Å². The Morgan fingerprint density at radius 1 is 1.22 bits per heavy atom. The monoisotopic (exact) mass is 330 g/mol. The molecule has 1 N–H and O–H groups in total. The molecular formula is C16H21F3N2O2. The lowest BCUT2D eigenvalue weighted by atomic mass is 10.0. The van der Waals surface area contributed by atoms with E-state index in [-0.39, 0.29) is 6.04 Å². The third-order valence-electron chi connectivity index (χ3n) is 3.49. The van der Waals surface area contributed by atoms with Crippen LogP contribution in [0.15, 0.2) is 24.3 Å². The molecule has 1 amide bonds. The normalized spacial score (nSPS) is 19.6. The number of nitrogens with zero attached hydrogens (tertiary/aromatic N) is 1. The van der Waals surface area contributed by atoms with E-state index in [1.807, 2.05) is 0 Å². The number of nitrogens with one attached hydrogen (secondary N) is 1. The summed E-state index contributed by atoms with van der Waals surface area (Å²) >= 11 is 0. The van der Waals surface area contributed by atoms with E-state index in [2.05, 4.69) is 5.32 Å². The number of piperazine rings is 1. The van der Waals surface area contributed by atoms with Crippen molar-refractivity contribution in [3.63, 3.8) is 0 Å². The molecule has 0 radical (unpaired) electrons. The molecule has 0 unspecified atom stereocenters. The van der Waals surface area contributed by atoms with E-state index < -0.39 is 23.4 Å². The third kappa shape index (κ3) is 4.60. The van der Waals surface area contributed by atoms with Gasteiger partial charge < -0.3 is 10.1 Å². The van der Waals surface area contributed by atoms with Crippen molar-refractivity contribution in [2.45, 2.75) is 38.6 Å². The zero-order valence-electron chi connectivity index (χ0n) is 13.4. The maximum Gasteiger partial charge on any atom is 0.416 e. The molecule has 0 bridgehead atoms. The quantitative estimate of drug-likeness (QED) is 0.856. The molecule has 0 spiro atoms. The second kappa shape index (κ2) is 6.39. The Kier molecular flexibility index (Phi) is 4.89. The zero-order valence-corrected chi connectivity index (χ0v) is 13.4.